The van der Waals surface area contributed by atoms with Crippen molar-refractivity contribution in [3.63, 3.8) is 0 Å². The molecule has 1 N–H and O–H groups in total. The molecule has 8 nitrogen and oxygen atoms in total. The number of sulfonamides is 1. The minimum atomic E-state index is -3.87. The zero-order valence-corrected chi connectivity index (χ0v) is 17.5. The zero-order chi connectivity index (χ0) is 21.2. The molecular weight excluding hydrogens is 394 g/mol. The van der Waals surface area contributed by atoms with Crippen LogP contribution in [0.5, 0.6) is 11.5 Å². The van der Waals surface area contributed by atoms with Gasteiger partial charge >= 0.3 is 0 Å². The average Bonchev–Trinajstić information content (AvgIpc) is 2.70. The first kappa shape index (κ1) is 20.7. The van der Waals surface area contributed by atoms with Crippen molar-refractivity contribution >= 4 is 33.1 Å². The summed E-state index contributed by atoms with van der Waals surface area (Å²) < 4.78 is 39.4. The van der Waals surface area contributed by atoms with E-state index in [1.54, 1.807) is 37.3 Å². The molecule has 1 aliphatic heterocycles. The van der Waals surface area contributed by atoms with Gasteiger partial charge in [0.05, 0.1) is 25.6 Å². The van der Waals surface area contributed by atoms with Crippen molar-refractivity contribution in [3.8, 4) is 11.5 Å². The Morgan fingerprint density at radius 2 is 1.90 bits per heavy atom. The van der Waals surface area contributed by atoms with E-state index >= 15 is 0 Å². The van der Waals surface area contributed by atoms with Gasteiger partial charge in [0, 0.05) is 18.2 Å². The van der Waals surface area contributed by atoms with Gasteiger partial charge in [-0.2, -0.15) is 8.42 Å². The summed E-state index contributed by atoms with van der Waals surface area (Å²) in [6.07, 6.45) is 0.824. The molecule has 0 unspecified atom stereocenters. The fourth-order valence-corrected chi connectivity index (χ4v) is 4.41. The molecule has 0 aliphatic carbocycles. The van der Waals surface area contributed by atoms with Crippen LogP contribution in [-0.2, 0) is 10.0 Å². The van der Waals surface area contributed by atoms with Crippen LogP contribution >= 0.6 is 0 Å². The van der Waals surface area contributed by atoms with Crippen LogP contribution < -0.4 is 19.7 Å². The van der Waals surface area contributed by atoms with Gasteiger partial charge in [0.15, 0.2) is 0 Å². The molecule has 154 valence electrons. The van der Waals surface area contributed by atoms with E-state index in [4.69, 9.17) is 9.47 Å². The van der Waals surface area contributed by atoms with Crippen molar-refractivity contribution in [1.82, 2.24) is 0 Å². The first-order chi connectivity index (χ1) is 13.8. The largest absolute Gasteiger partial charge is 0.497 e. The number of rotatable bonds is 6. The average molecular weight is 417 g/mol. The number of amidine groups is 1. The van der Waals surface area contributed by atoms with Crippen LogP contribution in [-0.4, -0.2) is 40.9 Å². The van der Waals surface area contributed by atoms with Gasteiger partial charge in [-0.3, -0.25) is 4.79 Å². The normalized spacial score (nSPS) is 14.6. The van der Waals surface area contributed by atoms with Gasteiger partial charge in [-0.1, -0.05) is 6.92 Å². The highest BCUT2D eigenvalue weighted by Crippen LogP contribution is 2.34. The number of carbonyl (C=O) groups excluding carboxylic acids is 1. The minimum absolute atomic E-state index is 0.0156. The lowest BCUT2D eigenvalue weighted by Crippen LogP contribution is -2.34. The van der Waals surface area contributed by atoms with E-state index in [9.17, 15) is 13.2 Å². The second-order valence-electron chi connectivity index (χ2n) is 6.47. The topological polar surface area (TPSA) is 97.3 Å². The molecule has 9 heteroatoms. The Kier molecular flexibility index (Phi) is 5.78. The summed E-state index contributed by atoms with van der Waals surface area (Å²) in [7, 11) is -0.861. The summed E-state index contributed by atoms with van der Waals surface area (Å²) in [5, 5.41) is 2.74. The zero-order valence-electron chi connectivity index (χ0n) is 16.7. The molecule has 1 heterocycles. The molecule has 0 bridgehead atoms. The van der Waals surface area contributed by atoms with Gasteiger partial charge in [0.1, 0.15) is 22.2 Å². The number of methoxy groups -OCH3 is 2. The van der Waals surface area contributed by atoms with Crippen molar-refractivity contribution in [2.24, 2.45) is 4.40 Å². The summed E-state index contributed by atoms with van der Waals surface area (Å²) in [6.45, 7) is 4.29. The lowest BCUT2D eigenvalue weighted by Gasteiger charge is -2.29. The Balaban J connectivity index is 1.98. The standard InChI is InChI=1S/C20H23N3O5S/c1-5-10-23-13(2)22-29(25,26)19-11-14(6-8-17(19)23)20(24)21-16-12-15(27-3)7-9-18(16)28-4/h6-9,11-12H,5,10H2,1-4H3,(H,21,24). The number of benzene rings is 2. The number of amides is 1. The highest BCUT2D eigenvalue weighted by Gasteiger charge is 2.29. The fraction of sp³-hybridized carbons (Fsp3) is 0.300. The van der Waals surface area contributed by atoms with Crippen molar-refractivity contribution < 1.29 is 22.7 Å². The van der Waals surface area contributed by atoms with Crippen LogP contribution in [0, 0.1) is 0 Å². The Morgan fingerprint density at radius 1 is 1.14 bits per heavy atom. The smallest absolute Gasteiger partial charge is 0.286 e. The number of anilines is 2. The van der Waals surface area contributed by atoms with Crippen molar-refractivity contribution in [3.05, 3.63) is 42.0 Å². The maximum absolute atomic E-state index is 12.8. The van der Waals surface area contributed by atoms with Crippen molar-refractivity contribution in [2.45, 2.75) is 25.2 Å². The Labute approximate surface area is 170 Å². The van der Waals surface area contributed by atoms with Gasteiger partial charge in [-0.05, 0) is 43.7 Å². The molecule has 1 aliphatic rings. The quantitative estimate of drug-likeness (QED) is 0.775. The minimum Gasteiger partial charge on any atom is -0.497 e. The molecule has 2 aromatic rings. The summed E-state index contributed by atoms with van der Waals surface area (Å²) in [5.41, 5.74) is 1.14. The number of hydrogen-bond acceptors (Lipinski definition) is 6. The van der Waals surface area contributed by atoms with E-state index in [1.165, 1.54) is 20.3 Å². The maximum Gasteiger partial charge on any atom is 0.286 e. The summed E-state index contributed by atoms with van der Waals surface area (Å²) in [5.74, 6) is 0.953. The second-order valence-corrected chi connectivity index (χ2v) is 8.04. The van der Waals surface area contributed by atoms with E-state index in [0.717, 1.165) is 6.42 Å². The molecule has 3 rings (SSSR count). The predicted molar refractivity (Wildman–Crippen MR) is 112 cm³/mol. The molecule has 0 radical (unpaired) electrons. The number of nitrogens with one attached hydrogen (secondary N) is 1. The molecule has 29 heavy (non-hydrogen) atoms. The second kappa shape index (κ2) is 8.12. The monoisotopic (exact) mass is 417 g/mol. The van der Waals surface area contributed by atoms with E-state index in [-0.39, 0.29) is 10.5 Å². The molecule has 0 aromatic heterocycles. The maximum atomic E-state index is 12.8. The molecule has 0 fully saturated rings. The number of hydrogen-bond donors (Lipinski definition) is 1. The lowest BCUT2D eigenvalue weighted by molar-refractivity contribution is 0.102. The molecule has 0 saturated carbocycles. The summed E-state index contributed by atoms with van der Waals surface area (Å²) in [4.78, 5) is 14.7. The fourth-order valence-electron chi connectivity index (χ4n) is 3.14. The third kappa shape index (κ3) is 4.04. The molecule has 1 amide bonds. The number of ether oxygens (including phenoxy) is 2. The molecule has 0 spiro atoms. The predicted octanol–water partition coefficient (Wildman–Crippen LogP) is 3.29. The molecule has 0 atom stereocenters. The highest BCUT2D eigenvalue weighted by atomic mass is 32.2. The lowest BCUT2D eigenvalue weighted by atomic mass is 10.1. The first-order valence-electron chi connectivity index (χ1n) is 9.07. The molecular formula is C20H23N3O5S. The number of fused-ring (bicyclic) bond motifs is 1. The van der Waals surface area contributed by atoms with Crippen molar-refractivity contribution in [1.29, 1.82) is 0 Å². The van der Waals surface area contributed by atoms with Crippen LogP contribution in [0.3, 0.4) is 0 Å². The highest BCUT2D eigenvalue weighted by molar-refractivity contribution is 7.90. The van der Waals surface area contributed by atoms with Gasteiger partial charge in [0.25, 0.3) is 15.9 Å². The van der Waals surface area contributed by atoms with E-state index in [2.05, 4.69) is 9.71 Å². The van der Waals surface area contributed by atoms with Crippen LogP contribution in [0.15, 0.2) is 45.7 Å². The number of carbonyl (C=O) groups is 1. The van der Waals surface area contributed by atoms with Crippen LogP contribution in [0.4, 0.5) is 11.4 Å². The van der Waals surface area contributed by atoms with Gasteiger partial charge in [-0.25, -0.2) is 0 Å². The third-order valence-corrected chi connectivity index (χ3v) is 5.92. The van der Waals surface area contributed by atoms with Gasteiger partial charge in [-0.15, -0.1) is 4.40 Å². The summed E-state index contributed by atoms with van der Waals surface area (Å²) >= 11 is 0. The van der Waals surface area contributed by atoms with Crippen LogP contribution in [0.25, 0.3) is 0 Å². The molecule has 2 aromatic carbocycles. The van der Waals surface area contributed by atoms with Crippen LogP contribution in [0.1, 0.15) is 30.6 Å². The van der Waals surface area contributed by atoms with E-state index < -0.39 is 15.9 Å². The number of nitrogens with zero attached hydrogens (tertiary/aromatic N) is 2. The summed E-state index contributed by atoms with van der Waals surface area (Å²) in [6, 6.07) is 9.60. The molecule has 0 saturated heterocycles. The Morgan fingerprint density at radius 3 is 2.55 bits per heavy atom. The van der Waals surface area contributed by atoms with Gasteiger partial charge < -0.3 is 19.7 Å². The van der Waals surface area contributed by atoms with E-state index in [0.29, 0.717) is 35.3 Å². The first-order valence-corrected chi connectivity index (χ1v) is 10.5. The Hall–Kier alpha value is -3.07. The van der Waals surface area contributed by atoms with Crippen molar-refractivity contribution in [2.75, 3.05) is 31.0 Å². The Bertz CT molecular complexity index is 1080. The third-order valence-electron chi connectivity index (χ3n) is 4.54. The van der Waals surface area contributed by atoms with E-state index in [1.807, 2.05) is 11.8 Å². The van der Waals surface area contributed by atoms with Gasteiger partial charge in [0.2, 0.25) is 0 Å². The SMILES string of the molecule is CCCN1C(C)=NS(=O)(=O)c2cc(C(=O)Nc3cc(OC)ccc3OC)ccc21. The van der Waals surface area contributed by atoms with Crippen LogP contribution in [0.2, 0.25) is 0 Å².